The maximum absolute atomic E-state index is 6.26. The molecular weight excluding hydrogens is 224 g/mol. The van der Waals surface area contributed by atoms with Gasteiger partial charge in [-0.3, -0.25) is 0 Å². The van der Waals surface area contributed by atoms with Crippen LogP contribution >= 0.6 is 0 Å². The van der Waals surface area contributed by atoms with Crippen molar-refractivity contribution in [3.63, 3.8) is 0 Å². The highest BCUT2D eigenvalue weighted by Gasteiger charge is 2.26. The second kappa shape index (κ2) is 4.41. The van der Waals surface area contributed by atoms with E-state index in [2.05, 4.69) is 37.2 Å². The van der Waals surface area contributed by atoms with Crippen molar-refractivity contribution >= 4 is 10.9 Å². The van der Waals surface area contributed by atoms with Crippen LogP contribution in [0.15, 0.2) is 18.3 Å². The lowest BCUT2D eigenvalue weighted by molar-refractivity contribution is 0.0695. The van der Waals surface area contributed by atoms with Crippen LogP contribution in [0.4, 0.5) is 0 Å². The van der Waals surface area contributed by atoms with Gasteiger partial charge in [-0.2, -0.15) is 0 Å². The first kappa shape index (κ1) is 11.8. The van der Waals surface area contributed by atoms with Gasteiger partial charge in [-0.25, -0.2) is 0 Å². The highest BCUT2D eigenvalue weighted by Crippen LogP contribution is 2.33. The summed E-state index contributed by atoms with van der Waals surface area (Å²) in [6.07, 6.45) is 3.06. The molecule has 1 aromatic heterocycles. The topological polar surface area (TPSA) is 51.0 Å². The number of rotatable bonds is 1. The number of benzene rings is 1. The third-order valence-electron chi connectivity index (χ3n) is 4.09. The van der Waals surface area contributed by atoms with Crippen molar-refractivity contribution in [3.8, 4) is 0 Å². The molecule has 0 amide bonds. The van der Waals surface area contributed by atoms with Crippen LogP contribution in [0.5, 0.6) is 0 Å². The van der Waals surface area contributed by atoms with Gasteiger partial charge >= 0.3 is 0 Å². The van der Waals surface area contributed by atoms with Crippen LogP contribution in [-0.2, 0) is 4.74 Å². The molecule has 0 bridgehead atoms. The molecule has 96 valence electrons. The van der Waals surface area contributed by atoms with E-state index in [0.29, 0.717) is 5.92 Å². The van der Waals surface area contributed by atoms with Gasteiger partial charge in [-0.05, 0) is 37.0 Å². The minimum Gasteiger partial charge on any atom is -0.381 e. The van der Waals surface area contributed by atoms with E-state index < -0.39 is 0 Å². The fourth-order valence-electron chi connectivity index (χ4n) is 2.96. The summed E-state index contributed by atoms with van der Waals surface area (Å²) in [5, 5.41) is 1.33. The summed E-state index contributed by atoms with van der Waals surface area (Å²) in [4.78, 5) is 3.40. The van der Waals surface area contributed by atoms with E-state index >= 15 is 0 Å². The van der Waals surface area contributed by atoms with Crippen molar-refractivity contribution in [2.75, 3.05) is 13.2 Å². The predicted octanol–water partition coefficient (Wildman–Crippen LogP) is 2.62. The molecule has 3 rings (SSSR count). The third-order valence-corrected chi connectivity index (χ3v) is 4.09. The molecule has 0 radical (unpaired) electrons. The smallest absolute Gasteiger partial charge is 0.0550 e. The summed E-state index contributed by atoms with van der Waals surface area (Å²) < 4.78 is 5.60. The first-order chi connectivity index (χ1) is 8.68. The summed E-state index contributed by atoms with van der Waals surface area (Å²) in [6.45, 7) is 5.83. The van der Waals surface area contributed by atoms with Gasteiger partial charge in [0.1, 0.15) is 0 Å². The van der Waals surface area contributed by atoms with Gasteiger partial charge in [0.05, 0.1) is 6.61 Å². The monoisotopic (exact) mass is 244 g/mol. The first-order valence-electron chi connectivity index (χ1n) is 6.59. The fraction of sp³-hybridized carbons (Fsp3) is 0.467. The van der Waals surface area contributed by atoms with Crippen molar-refractivity contribution < 1.29 is 4.74 Å². The summed E-state index contributed by atoms with van der Waals surface area (Å²) >= 11 is 0. The minimum absolute atomic E-state index is 0.206. The Hall–Kier alpha value is -1.32. The molecule has 3 nitrogen and oxygen atoms in total. The number of aromatic amines is 1. The fourth-order valence-corrected chi connectivity index (χ4v) is 2.96. The molecule has 3 N–H and O–H groups in total. The van der Waals surface area contributed by atoms with Crippen LogP contribution in [0.25, 0.3) is 10.9 Å². The van der Waals surface area contributed by atoms with E-state index in [-0.39, 0.29) is 6.04 Å². The van der Waals surface area contributed by atoms with Gasteiger partial charge < -0.3 is 15.5 Å². The summed E-state index contributed by atoms with van der Waals surface area (Å²) in [7, 11) is 0. The molecule has 1 fully saturated rings. The number of fused-ring (bicyclic) bond motifs is 1. The van der Waals surface area contributed by atoms with Gasteiger partial charge in [0.15, 0.2) is 0 Å². The molecule has 2 atom stereocenters. The predicted molar refractivity (Wildman–Crippen MR) is 73.9 cm³/mol. The Morgan fingerprint density at radius 3 is 2.83 bits per heavy atom. The Labute approximate surface area is 107 Å². The molecule has 1 aliphatic heterocycles. The largest absolute Gasteiger partial charge is 0.381 e. The van der Waals surface area contributed by atoms with E-state index in [1.807, 2.05) is 0 Å². The lowest BCUT2D eigenvalue weighted by Crippen LogP contribution is -2.36. The van der Waals surface area contributed by atoms with Crippen LogP contribution in [0.1, 0.15) is 29.0 Å². The lowest BCUT2D eigenvalue weighted by atomic mass is 9.88. The molecule has 1 saturated heterocycles. The van der Waals surface area contributed by atoms with E-state index in [1.165, 1.54) is 27.6 Å². The van der Waals surface area contributed by atoms with E-state index in [0.717, 1.165) is 19.6 Å². The van der Waals surface area contributed by atoms with Gasteiger partial charge in [-0.1, -0.05) is 12.1 Å². The number of aryl methyl sites for hydroxylation is 2. The van der Waals surface area contributed by atoms with E-state index in [4.69, 9.17) is 10.5 Å². The Balaban J connectivity index is 2.14. The summed E-state index contributed by atoms with van der Waals surface area (Å²) in [5.74, 6) is 0.313. The Kier molecular flexibility index (Phi) is 2.88. The van der Waals surface area contributed by atoms with Crippen LogP contribution < -0.4 is 5.73 Å². The van der Waals surface area contributed by atoms with Crippen molar-refractivity contribution in [2.45, 2.75) is 32.2 Å². The van der Waals surface area contributed by atoms with Crippen molar-refractivity contribution in [1.29, 1.82) is 0 Å². The molecule has 0 saturated carbocycles. The number of hydrogen-bond donors (Lipinski definition) is 2. The first-order valence-corrected chi connectivity index (χ1v) is 6.59. The molecular formula is C15H20N2O. The second-order valence-electron chi connectivity index (χ2n) is 5.33. The Morgan fingerprint density at radius 2 is 2.06 bits per heavy atom. The molecule has 0 spiro atoms. The standard InChI is InChI=1S/C15H20N2O/c1-9-3-4-10(2)15-14(9)11(7-17-15)12-8-18-6-5-13(12)16/h3-4,7,12-13,17H,5-6,8,16H2,1-2H3. The lowest BCUT2D eigenvalue weighted by Gasteiger charge is -2.28. The number of ether oxygens (including phenoxy) is 1. The second-order valence-corrected chi connectivity index (χ2v) is 5.33. The molecule has 0 aliphatic carbocycles. The molecule has 2 unspecified atom stereocenters. The average Bonchev–Trinajstić information content (AvgIpc) is 2.80. The van der Waals surface area contributed by atoms with Crippen molar-refractivity contribution in [2.24, 2.45) is 5.73 Å². The zero-order chi connectivity index (χ0) is 12.7. The van der Waals surface area contributed by atoms with Crippen molar-refractivity contribution in [3.05, 3.63) is 35.0 Å². The van der Waals surface area contributed by atoms with Crippen LogP contribution in [0.2, 0.25) is 0 Å². The van der Waals surface area contributed by atoms with E-state index in [1.54, 1.807) is 0 Å². The normalized spacial score (nSPS) is 24.6. The molecule has 3 heteroatoms. The molecule has 1 aromatic carbocycles. The third kappa shape index (κ3) is 1.74. The SMILES string of the molecule is Cc1ccc(C)c2c(C3COCCC3N)c[nH]c12. The van der Waals surface area contributed by atoms with E-state index in [9.17, 15) is 0 Å². The number of aromatic nitrogens is 1. The highest BCUT2D eigenvalue weighted by atomic mass is 16.5. The minimum atomic E-state index is 0.206. The number of hydrogen-bond acceptors (Lipinski definition) is 2. The zero-order valence-electron chi connectivity index (χ0n) is 11.0. The quantitative estimate of drug-likeness (QED) is 0.810. The van der Waals surface area contributed by atoms with Gasteiger partial charge in [0.25, 0.3) is 0 Å². The maximum atomic E-state index is 6.26. The van der Waals surface area contributed by atoms with Crippen LogP contribution in [0, 0.1) is 13.8 Å². The molecule has 18 heavy (non-hydrogen) atoms. The van der Waals surface area contributed by atoms with Gasteiger partial charge in [0, 0.05) is 35.7 Å². The summed E-state index contributed by atoms with van der Waals surface area (Å²) in [6, 6.07) is 4.55. The molecule has 2 aromatic rings. The Morgan fingerprint density at radius 1 is 1.28 bits per heavy atom. The van der Waals surface area contributed by atoms with Crippen LogP contribution in [-0.4, -0.2) is 24.2 Å². The zero-order valence-corrected chi connectivity index (χ0v) is 11.0. The van der Waals surface area contributed by atoms with Crippen LogP contribution in [0.3, 0.4) is 0 Å². The number of H-pyrrole nitrogens is 1. The van der Waals surface area contributed by atoms with Gasteiger partial charge in [-0.15, -0.1) is 0 Å². The molecule has 2 heterocycles. The summed E-state index contributed by atoms with van der Waals surface area (Å²) in [5.41, 5.74) is 11.4. The molecule has 1 aliphatic rings. The average molecular weight is 244 g/mol. The number of nitrogens with one attached hydrogen (secondary N) is 1. The highest BCUT2D eigenvalue weighted by molar-refractivity contribution is 5.89. The van der Waals surface area contributed by atoms with Gasteiger partial charge in [0.2, 0.25) is 0 Å². The Bertz CT molecular complexity index is 573. The number of nitrogens with two attached hydrogens (primary N) is 1. The maximum Gasteiger partial charge on any atom is 0.0550 e. The van der Waals surface area contributed by atoms with Crippen molar-refractivity contribution in [1.82, 2.24) is 4.98 Å².